The molecule has 0 aliphatic rings. The molecule has 2 N–H and O–H groups in total. The average Bonchev–Trinajstić information content (AvgIpc) is 2.33. The van der Waals surface area contributed by atoms with Gasteiger partial charge in [0.25, 0.3) is 0 Å². The highest BCUT2D eigenvalue weighted by atomic mass is 31.2. The van der Waals surface area contributed by atoms with Crippen LogP contribution in [0.4, 0.5) is 0 Å². The van der Waals surface area contributed by atoms with E-state index in [1.807, 2.05) is 0 Å². The standard InChI is InChI=1S/C13H28.CH4.2H3O4P.H2O/c1-3-5-7-9-11-13-12-10-8-6-4-2;;2*1-5(2,3)4;/h3-13H2,1-2H3;1H4;2*(H3,1,2,3,4);1H2/p-6. The molecule has 0 atom stereocenters. The van der Waals surface area contributed by atoms with Crippen molar-refractivity contribution < 1.29 is 44.0 Å². The number of hydrogen-bond donors (Lipinski definition) is 0. The zero-order valence-electron chi connectivity index (χ0n) is 14.4. The predicted molar refractivity (Wildman–Crippen MR) is 87.7 cm³/mol. The van der Waals surface area contributed by atoms with Crippen LogP contribution in [0.25, 0.3) is 0 Å². The first kappa shape index (κ1) is 36.2. The van der Waals surface area contributed by atoms with Crippen molar-refractivity contribution in [2.75, 3.05) is 0 Å². The second-order valence-electron chi connectivity index (χ2n) is 5.08. The molecule has 160 valence electrons. The first-order valence-electron chi connectivity index (χ1n) is 7.87. The second-order valence-corrected chi connectivity index (χ2v) is 6.87. The van der Waals surface area contributed by atoms with Gasteiger partial charge in [0.15, 0.2) is 0 Å². The zero-order chi connectivity index (χ0) is 18.8. The van der Waals surface area contributed by atoms with Crippen molar-refractivity contribution in [3.8, 4) is 0 Å². The molecule has 11 heteroatoms. The molecule has 0 aromatic rings. The van der Waals surface area contributed by atoms with Crippen LogP contribution >= 0.6 is 15.6 Å². The highest BCUT2D eigenvalue weighted by molar-refractivity contribution is 7.40. The van der Waals surface area contributed by atoms with E-state index < -0.39 is 15.6 Å². The molecule has 9 nitrogen and oxygen atoms in total. The maximum absolute atomic E-state index is 8.55. The first-order chi connectivity index (χ1) is 10.4. The van der Waals surface area contributed by atoms with Crippen molar-refractivity contribution in [3.63, 3.8) is 0 Å². The van der Waals surface area contributed by atoms with Crippen LogP contribution in [-0.2, 0) is 9.13 Å². The zero-order valence-corrected chi connectivity index (χ0v) is 16.2. The molecule has 0 bridgehead atoms. The van der Waals surface area contributed by atoms with Crippen molar-refractivity contribution in [2.24, 2.45) is 0 Å². The summed E-state index contributed by atoms with van der Waals surface area (Å²) in [6, 6.07) is 0. The quantitative estimate of drug-likeness (QED) is 0.339. The van der Waals surface area contributed by atoms with Crippen molar-refractivity contribution in [2.45, 2.75) is 91.9 Å². The Hall–Kier alpha value is 0.180. The van der Waals surface area contributed by atoms with Crippen LogP contribution in [0.15, 0.2) is 0 Å². The molecule has 0 saturated carbocycles. The third kappa shape index (κ3) is 115. The SMILES string of the molecule is C.CCCCCCCCCCCCC.O.O=P([O-])([O-])[O-].O=P([O-])([O-])[O-]. The Kier molecular flexibility index (Phi) is 35.0. The van der Waals surface area contributed by atoms with Crippen LogP contribution in [0.1, 0.15) is 91.9 Å². The fraction of sp³-hybridized carbons (Fsp3) is 1.00. The van der Waals surface area contributed by atoms with Crippen molar-refractivity contribution in [1.29, 1.82) is 0 Å². The molecule has 0 aromatic carbocycles. The molecule has 0 radical (unpaired) electrons. The Morgan fingerprint density at radius 2 is 0.640 bits per heavy atom. The molecule has 0 rings (SSSR count). The first-order valence-corrected chi connectivity index (χ1v) is 10.8. The largest absolute Gasteiger partial charge is 0.822 e. The van der Waals surface area contributed by atoms with E-state index in [1.165, 1.54) is 70.6 Å². The van der Waals surface area contributed by atoms with Crippen LogP contribution in [0.2, 0.25) is 0 Å². The van der Waals surface area contributed by atoms with E-state index in [2.05, 4.69) is 13.8 Å². The van der Waals surface area contributed by atoms with Gasteiger partial charge in [0.2, 0.25) is 0 Å². The van der Waals surface area contributed by atoms with Crippen molar-refractivity contribution in [3.05, 3.63) is 0 Å². The van der Waals surface area contributed by atoms with Crippen molar-refractivity contribution in [1.82, 2.24) is 0 Å². The van der Waals surface area contributed by atoms with Gasteiger partial charge in [-0.3, -0.25) is 0 Å². The van der Waals surface area contributed by atoms with Crippen LogP contribution in [0.3, 0.4) is 0 Å². The minimum atomic E-state index is -5.39. The van der Waals surface area contributed by atoms with Gasteiger partial charge < -0.3 is 44.0 Å². The monoisotopic (exact) mass is 408 g/mol. The third-order valence-corrected chi connectivity index (χ3v) is 2.71. The summed E-state index contributed by atoms with van der Waals surface area (Å²) in [6.45, 7) is 4.56. The van der Waals surface area contributed by atoms with Crippen LogP contribution in [0.5, 0.6) is 0 Å². The lowest BCUT2D eigenvalue weighted by Crippen LogP contribution is -2.24. The Bertz CT molecular complexity index is 269. The third-order valence-electron chi connectivity index (χ3n) is 2.71. The van der Waals surface area contributed by atoms with Crippen molar-refractivity contribution >= 4 is 15.6 Å². The Labute approximate surface area is 152 Å². The molecule has 0 fully saturated rings. The number of rotatable bonds is 10. The summed E-state index contributed by atoms with van der Waals surface area (Å²) in [7, 11) is -10.8. The summed E-state index contributed by atoms with van der Waals surface area (Å²) >= 11 is 0. The normalized spacial score (nSPS) is 10.2. The molecule has 0 unspecified atom stereocenters. The molecule has 0 aliphatic carbocycles. The van der Waals surface area contributed by atoms with Crippen LogP contribution < -0.4 is 29.4 Å². The Balaban J connectivity index is -0.0000000933. The van der Waals surface area contributed by atoms with Gasteiger partial charge in [-0.05, 0) is 0 Å². The van der Waals surface area contributed by atoms with Gasteiger partial charge in [0, 0.05) is 0 Å². The minimum Gasteiger partial charge on any atom is -0.822 e. The highest BCUT2D eigenvalue weighted by Gasteiger charge is 1.90. The molecule has 25 heavy (non-hydrogen) atoms. The molecule has 0 heterocycles. The molecular weight excluding hydrogens is 374 g/mol. The van der Waals surface area contributed by atoms with E-state index in [-0.39, 0.29) is 12.9 Å². The summed E-state index contributed by atoms with van der Waals surface area (Å²) in [5, 5.41) is 0. The summed E-state index contributed by atoms with van der Waals surface area (Å²) in [4.78, 5) is 51.3. The summed E-state index contributed by atoms with van der Waals surface area (Å²) < 4.78 is 17.1. The molecule has 0 aromatic heterocycles. The summed E-state index contributed by atoms with van der Waals surface area (Å²) in [5.74, 6) is 0. The predicted octanol–water partition coefficient (Wildman–Crippen LogP) is -0.520. The van der Waals surface area contributed by atoms with E-state index in [0.717, 1.165) is 0 Å². The van der Waals surface area contributed by atoms with Gasteiger partial charge in [0.1, 0.15) is 0 Å². The van der Waals surface area contributed by atoms with Gasteiger partial charge in [-0.15, -0.1) is 0 Å². The van der Waals surface area contributed by atoms with Gasteiger partial charge in [0.05, 0.1) is 0 Å². The van der Waals surface area contributed by atoms with Gasteiger partial charge >= 0.3 is 0 Å². The van der Waals surface area contributed by atoms with E-state index >= 15 is 0 Å². The maximum Gasteiger partial charge on any atom is -0.0533 e. The number of phosphoric acid groups is 2. The fourth-order valence-corrected chi connectivity index (χ4v) is 1.74. The average molecular weight is 408 g/mol. The molecule has 0 saturated heterocycles. The van der Waals surface area contributed by atoms with E-state index in [0.29, 0.717) is 0 Å². The van der Waals surface area contributed by atoms with Gasteiger partial charge in [-0.1, -0.05) is 91.9 Å². The lowest BCUT2D eigenvalue weighted by atomic mass is 10.1. The smallest absolute Gasteiger partial charge is 0.0533 e. The van der Waals surface area contributed by atoms with E-state index in [9.17, 15) is 0 Å². The van der Waals surface area contributed by atoms with Gasteiger partial charge in [-0.2, -0.15) is 15.6 Å². The van der Waals surface area contributed by atoms with E-state index in [1.54, 1.807) is 0 Å². The van der Waals surface area contributed by atoms with Gasteiger partial charge in [-0.25, -0.2) is 0 Å². The fourth-order valence-electron chi connectivity index (χ4n) is 1.74. The molecule has 0 spiro atoms. The molecule has 0 amide bonds. The van der Waals surface area contributed by atoms with E-state index in [4.69, 9.17) is 38.5 Å². The topological polar surface area (TPSA) is 204 Å². The summed E-state index contributed by atoms with van der Waals surface area (Å²) in [6.07, 6.45) is 15.9. The Morgan fingerprint density at radius 1 is 0.520 bits per heavy atom. The van der Waals surface area contributed by atoms with Crippen LogP contribution in [0, 0.1) is 0 Å². The highest BCUT2D eigenvalue weighted by Crippen LogP contribution is 2.10. The number of hydrogen-bond acceptors (Lipinski definition) is 8. The number of unbranched alkanes of at least 4 members (excludes halogenated alkanes) is 10. The van der Waals surface area contributed by atoms with Crippen LogP contribution in [-0.4, -0.2) is 5.48 Å². The molecule has 0 aliphatic heterocycles. The minimum absolute atomic E-state index is 0. The maximum atomic E-state index is 8.55. The lowest BCUT2D eigenvalue weighted by molar-refractivity contribution is -0.434. The molecular formula is C14H34O9P2-6. The summed E-state index contributed by atoms with van der Waals surface area (Å²) in [5.41, 5.74) is 0. The Morgan fingerprint density at radius 3 is 0.760 bits per heavy atom. The lowest BCUT2D eigenvalue weighted by Gasteiger charge is -2.36. The second kappa shape index (κ2) is 24.2.